The number of anilines is 1. The third-order valence-electron chi connectivity index (χ3n) is 4.91. The van der Waals surface area contributed by atoms with E-state index in [0.29, 0.717) is 30.6 Å². The molecule has 0 aliphatic heterocycles. The van der Waals surface area contributed by atoms with Gasteiger partial charge in [0.1, 0.15) is 11.6 Å². The average molecular weight is 359 g/mol. The molecule has 1 aliphatic rings. The fourth-order valence-electron chi connectivity index (χ4n) is 3.54. The molecule has 0 bridgehead atoms. The molecule has 1 saturated carbocycles. The minimum absolute atomic E-state index is 0.0711. The molecule has 0 saturated heterocycles. The molecule has 2 aromatic rings. The van der Waals surface area contributed by atoms with Gasteiger partial charge in [-0.1, -0.05) is 36.6 Å². The second-order valence-corrected chi connectivity index (χ2v) is 7.01. The van der Waals surface area contributed by atoms with Gasteiger partial charge >= 0.3 is 0 Å². The van der Waals surface area contributed by atoms with Crippen LogP contribution >= 0.6 is 0 Å². The van der Waals surface area contributed by atoms with Crippen LogP contribution in [0.15, 0.2) is 34.9 Å². The molecular formula is C20H26FN3O2. The molecule has 0 unspecified atom stereocenters. The van der Waals surface area contributed by atoms with E-state index in [-0.39, 0.29) is 11.7 Å². The van der Waals surface area contributed by atoms with Gasteiger partial charge < -0.3 is 9.84 Å². The smallest absolute Gasteiger partial charge is 0.226 e. The number of hydrogen-bond donors (Lipinski definition) is 1. The van der Waals surface area contributed by atoms with E-state index in [9.17, 15) is 9.18 Å². The normalized spacial score (nSPS) is 15.3. The Labute approximate surface area is 153 Å². The fourth-order valence-corrected chi connectivity index (χ4v) is 3.54. The summed E-state index contributed by atoms with van der Waals surface area (Å²) in [7, 11) is 0. The topological polar surface area (TPSA) is 58.4 Å². The molecular weight excluding hydrogens is 333 g/mol. The molecule has 1 amide bonds. The quantitative estimate of drug-likeness (QED) is 0.801. The summed E-state index contributed by atoms with van der Waals surface area (Å²) >= 11 is 0. The van der Waals surface area contributed by atoms with E-state index in [2.05, 4.69) is 15.4 Å². The van der Waals surface area contributed by atoms with Gasteiger partial charge in [0, 0.05) is 31.6 Å². The maximum Gasteiger partial charge on any atom is 0.226 e. The number of aromatic nitrogens is 1. The number of carbonyl (C=O) groups is 1. The van der Waals surface area contributed by atoms with Crippen LogP contribution in [-0.2, 0) is 11.3 Å². The third kappa shape index (κ3) is 5.39. The predicted octanol–water partition coefficient (Wildman–Crippen LogP) is 4.29. The van der Waals surface area contributed by atoms with Crippen molar-refractivity contribution in [2.75, 3.05) is 11.9 Å². The minimum Gasteiger partial charge on any atom is -0.360 e. The molecule has 6 heteroatoms. The zero-order chi connectivity index (χ0) is 18.4. The van der Waals surface area contributed by atoms with Crippen LogP contribution in [0.3, 0.4) is 0 Å². The molecule has 140 valence electrons. The van der Waals surface area contributed by atoms with E-state index in [4.69, 9.17) is 4.52 Å². The Morgan fingerprint density at radius 1 is 1.27 bits per heavy atom. The first-order chi connectivity index (χ1) is 12.6. The Hall–Kier alpha value is -2.21. The zero-order valence-corrected chi connectivity index (χ0v) is 15.2. The van der Waals surface area contributed by atoms with E-state index in [0.717, 1.165) is 24.9 Å². The summed E-state index contributed by atoms with van der Waals surface area (Å²) in [6, 6.07) is 8.82. The van der Waals surface area contributed by atoms with Crippen molar-refractivity contribution in [2.24, 2.45) is 0 Å². The summed E-state index contributed by atoms with van der Waals surface area (Å²) in [5, 5.41) is 6.56. The van der Waals surface area contributed by atoms with Gasteiger partial charge in [0.25, 0.3) is 0 Å². The molecule has 0 spiro atoms. The van der Waals surface area contributed by atoms with Crippen molar-refractivity contribution < 1.29 is 13.7 Å². The summed E-state index contributed by atoms with van der Waals surface area (Å²) in [6.07, 6.45) is 6.46. The molecule has 1 aliphatic carbocycles. The van der Waals surface area contributed by atoms with Crippen molar-refractivity contribution in [3.63, 3.8) is 0 Å². The van der Waals surface area contributed by atoms with Gasteiger partial charge in [0.2, 0.25) is 5.91 Å². The highest BCUT2D eigenvalue weighted by atomic mass is 19.1. The SMILES string of the molecule is Cc1cc(NC(=O)CCN(Cc2ccc(F)cc2)C2CCCCC2)no1. The molecule has 1 heterocycles. The van der Waals surface area contributed by atoms with E-state index in [1.807, 2.05) is 12.1 Å². The number of amides is 1. The summed E-state index contributed by atoms with van der Waals surface area (Å²) < 4.78 is 18.1. The van der Waals surface area contributed by atoms with Crippen molar-refractivity contribution in [3.05, 3.63) is 47.5 Å². The van der Waals surface area contributed by atoms with Gasteiger partial charge in [-0.15, -0.1) is 0 Å². The van der Waals surface area contributed by atoms with E-state index < -0.39 is 0 Å². The summed E-state index contributed by atoms with van der Waals surface area (Å²) in [6.45, 7) is 3.20. The number of rotatable bonds is 7. The van der Waals surface area contributed by atoms with Crippen LogP contribution in [0.4, 0.5) is 10.2 Å². The monoisotopic (exact) mass is 359 g/mol. The Balaban J connectivity index is 1.59. The molecule has 1 N–H and O–H groups in total. The van der Waals surface area contributed by atoms with Gasteiger partial charge in [-0.2, -0.15) is 0 Å². The van der Waals surface area contributed by atoms with Gasteiger partial charge in [-0.3, -0.25) is 9.69 Å². The lowest BCUT2D eigenvalue weighted by atomic mass is 9.93. The summed E-state index contributed by atoms with van der Waals surface area (Å²) in [5.41, 5.74) is 1.07. The van der Waals surface area contributed by atoms with Crippen LogP contribution in [0.1, 0.15) is 49.8 Å². The molecule has 26 heavy (non-hydrogen) atoms. The molecule has 1 fully saturated rings. The number of nitrogens with one attached hydrogen (secondary N) is 1. The number of aryl methyl sites for hydroxylation is 1. The van der Waals surface area contributed by atoms with Gasteiger partial charge in [0.15, 0.2) is 5.82 Å². The third-order valence-corrected chi connectivity index (χ3v) is 4.91. The highest BCUT2D eigenvalue weighted by molar-refractivity contribution is 5.89. The van der Waals surface area contributed by atoms with E-state index in [1.54, 1.807) is 13.0 Å². The van der Waals surface area contributed by atoms with Gasteiger partial charge in [0.05, 0.1) is 0 Å². The first-order valence-corrected chi connectivity index (χ1v) is 9.32. The second kappa shape index (κ2) is 8.94. The zero-order valence-electron chi connectivity index (χ0n) is 15.2. The predicted molar refractivity (Wildman–Crippen MR) is 98.2 cm³/mol. The fraction of sp³-hybridized carbons (Fsp3) is 0.500. The Morgan fingerprint density at radius 2 is 2.00 bits per heavy atom. The average Bonchev–Trinajstić information content (AvgIpc) is 3.05. The van der Waals surface area contributed by atoms with Crippen molar-refractivity contribution in [1.29, 1.82) is 0 Å². The van der Waals surface area contributed by atoms with E-state index >= 15 is 0 Å². The molecule has 1 aromatic carbocycles. The highest BCUT2D eigenvalue weighted by Crippen LogP contribution is 2.24. The van der Waals surface area contributed by atoms with Crippen LogP contribution in [-0.4, -0.2) is 28.6 Å². The lowest BCUT2D eigenvalue weighted by molar-refractivity contribution is -0.116. The molecule has 1 aromatic heterocycles. The maximum atomic E-state index is 13.2. The van der Waals surface area contributed by atoms with Crippen molar-refractivity contribution in [1.82, 2.24) is 10.1 Å². The summed E-state index contributed by atoms with van der Waals surface area (Å²) in [5.74, 6) is 0.828. The standard InChI is InChI=1S/C20H26FN3O2/c1-15-13-19(23-26-15)22-20(25)11-12-24(18-5-3-2-4-6-18)14-16-7-9-17(21)10-8-16/h7-10,13,18H,2-6,11-12,14H2,1H3,(H,22,23,25). The Bertz CT molecular complexity index is 708. The maximum absolute atomic E-state index is 13.2. The van der Waals surface area contributed by atoms with Crippen LogP contribution < -0.4 is 5.32 Å². The first-order valence-electron chi connectivity index (χ1n) is 9.32. The lowest BCUT2D eigenvalue weighted by Gasteiger charge is -2.34. The van der Waals surface area contributed by atoms with Crippen molar-refractivity contribution >= 4 is 11.7 Å². The number of nitrogens with zero attached hydrogens (tertiary/aromatic N) is 2. The van der Waals surface area contributed by atoms with Crippen LogP contribution in [0.25, 0.3) is 0 Å². The lowest BCUT2D eigenvalue weighted by Crippen LogP contribution is -2.38. The number of hydrogen-bond acceptors (Lipinski definition) is 4. The Kier molecular flexibility index (Phi) is 6.39. The second-order valence-electron chi connectivity index (χ2n) is 7.01. The number of carbonyl (C=O) groups excluding carboxylic acids is 1. The molecule has 5 nitrogen and oxygen atoms in total. The molecule has 3 rings (SSSR count). The minimum atomic E-state index is -0.222. The largest absolute Gasteiger partial charge is 0.360 e. The van der Waals surface area contributed by atoms with Crippen LogP contribution in [0, 0.1) is 12.7 Å². The van der Waals surface area contributed by atoms with Crippen molar-refractivity contribution in [3.8, 4) is 0 Å². The molecule has 0 atom stereocenters. The number of halogens is 1. The van der Waals surface area contributed by atoms with Gasteiger partial charge in [-0.05, 0) is 37.5 Å². The number of benzene rings is 1. The van der Waals surface area contributed by atoms with Crippen molar-refractivity contribution in [2.45, 2.75) is 58.0 Å². The van der Waals surface area contributed by atoms with Gasteiger partial charge in [-0.25, -0.2) is 4.39 Å². The summed E-state index contributed by atoms with van der Waals surface area (Å²) in [4.78, 5) is 14.6. The van der Waals surface area contributed by atoms with Crippen LogP contribution in [0.5, 0.6) is 0 Å². The van der Waals surface area contributed by atoms with Crippen LogP contribution in [0.2, 0.25) is 0 Å². The molecule has 0 radical (unpaired) electrons. The first kappa shape index (κ1) is 18.6. The highest BCUT2D eigenvalue weighted by Gasteiger charge is 2.22. The Morgan fingerprint density at radius 3 is 2.65 bits per heavy atom. The van der Waals surface area contributed by atoms with E-state index in [1.165, 1.54) is 31.4 Å².